The maximum Gasteiger partial charge on any atom is 0.314 e. The van der Waals surface area contributed by atoms with E-state index in [2.05, 4.69) is 0 Å². The monoisotopic (exact) mass is 246 g/mol. The van der Waals surface area contributed by atoms with Gasteiger partial charge in [-0.2, -0.15) is 0 Å². The number of carbonyl (C=O) groups is 2. The third kappa shape index (κ3) is 1.53. The van der Waals surface area contributed by atoms with Crippen molar-refractivity contribution in [1.82, 2.24) is 0 Å². The van der Waals surface area contributed by atoms with Crippen LogP contribution in [0.25, 0.3) is 6.08 Å². The fourth-order valence-corrected chi connectivity index (χ4v) is 2.50. The van der Waals surface area contributed by atoms with Crippen molar-refractivity contribution in [2.45, 2.75) is 19.8 Å². The predicted molar refractivity (Wildman–Crippen MR) is 66.2 cm³/mol. The van der Waals surface area contributed by atoms with Crippen LogP contribution in [0.15, 0.2) is 29.8 Å². The van der Waals surface area contributed by atoms with Crippen LogP contribution in [0.1, 0.15) is 30.9 Å². The molecule has 2 N–H and O–H groups in total. The highest BCUT2D eigenvalue weighted by atomic mass is 16.4. The van der Waals surface area contributed by atoms with Crippen molar-refractivity contribution < 1.29 is 19.8 Å². The van der Waals surface area contributed by atoms with Gasteiger partial charge in [-0.3, -0.25) is 9.59 Å². The highest BCUT2D eigenvalue weighted by molar-refractivity contribution is 5.93. The second-order valence-electron chi connectivity index (χ2n) is 4.74. The molecule has 0 aromatic heterocycles. The van der Waals surface area contributed by atoms with Crippen LogP contribution in [0.2, 0.25) is 0 Å². The Kier molecular flexibility index (Phi) is 2.73. The average molecular weight is 246 g/mol. The minimum absolute atomic E-state index is 0.556. The van der Waals surface area contributed by atoms with Gasteiger partial charge in [0.15, 0.2) is 0 Å². The molecule has 0 aliphatic heterocycles. The molecule has 0 bridgehead atoms. The average Bonchev–Trinajstić information content (AvgIpc) is 2.29. The van der Waals surface area contributed by atoms with Crippen LogP contribution in [0, 0.1) is 5.41 Å². The Balaban J connectivity index is 2.74. The molecule has 18 heavy (non-hydrogen) atoms. The van der Waals surface area contributed by atoms with Gasteiger partial charge in [0.25, 0.3) is 0 Å². The zero-order chi connectivity index (χ0) is 13.5. The van der Waals surface area contributed by atoms with E-state index in [1.807, 2.05) is 6.07 Å². The van der Waals surface area contributed by atoms with Gasteiger partial charge in [0, 0.05) is 0 Å². The highest BCUT2D eigenvalue weighted by Gasteiger charge is 2.50. The van der Waals surface area contributed by atoms with Gasteiger partial charge in [-0.1, -0.05) is 35.9 Å². The lowest BCUT2D eigenvalue weighted by Crippen LogP contribution is -2.41. The molecule has 0 fully saturated rings. The Morgan fingerprint density at radius 3 is 2.39 bits per heavy atom. The van der Waals surface area contributed by atoms with Crippen molar-refractivity contribution in [3.63, 3.8) is 0 Å². The van der Waals surface area contributed by atoms with E-state index in [9.17, 15) is 19.8 Å². The molecule has 0 saturated carbocycles. The van der Waals surface area contributed by atoms with E-state index in [0.717, 1.165) is 5.56 Å². The Hall–Kier alpha value is -2.10. The van der Waals surface area contributed by atoms with Gasteiger partial charge in [0.2, 0.25) is 0 Å². The maximum atomic E-state index is 11.5. The zero-order valence-corrected chi connectivity index (χ0v) is 10.2. The Labute approximate surface area is 105 Å². The quantitative estimate of drug-likeness (QED) is 0.840. The summed E-state index contributed by atoms with van der Waals surface area (Å²) in [6.07, 6.45) is 1.75. The van der Waals surface area contributed by atoms with Crippen molar-refractivity contribution in [3.05, 3.63) is 41.0 Å². The van der Waals surface area contributed by atoms with Gasteiger partial charge in [-0.15, -0.1) is 0 Å². The molecule has 2 atom stereocenters. The van der Waals surface area contributed by atoms with Crippen LogP contribution in [0.4, 0.5) is 0 Å². The predicted octanol–water partition coefficient (Wildman–Crippen LogP) is 2.36. The van der Waals surface area contributed by atoms with Gasteiger partial charge < -0.3 is 10.2 Å². The van der Waals surface area contributed by atoms with Crippen LogP contribution in [-0.4, -0.2) is 22.2 Å². The van der Waals surface area contributed by atoms with Crippen molar-refractivity contribution in [2.24, 2.45) is 5.41 Å². The minimum atomic E-state index is -1.40. The van der Waals surface area contributed by atoms with Gasteiger partial charge >= 0.3 is 11.9 Å². The smallest absolute Gasteiger partial charge is 0.314 e. The van der Waals surface area contributed by atoms with Crippen LogP contribution in [-0.2, 0) is 9.59 Å². The van der Waals surface area contributed by atoms with Crippen molar-refractivity contribution in [3.8, 4) is 0 Å². The van der Waals surface area contributed by atoms with E-state index >= 15 is 0 Å². The lowest BCUT2D eigenvalue weighted by Gasteiger charge is -2.36. The maximum absolute atomic E-state index is 11.5. The molecular weight excluding hydrogens is 232 g/mol. The van der Waals surface area contributed by atoms with Gasteiger partial charge in [0.1, 0.15) is 11.3 Å². The van der Waals surface area contributed by atoms with Crippen LogP contribution < -0.4 is 0 Å². The first-order chi connectivity index (χ1) is 8.39. The van der Waals surface area contributed by atoms with E-state index in [1.54, 1.807) is 31.2 Å². The van der Waals surface area contributed by atoms with E-state index in [1.165, 1.54) is 6.92 Å². The molecule has 1 aliphatic carbocycles. The van der Waals surface area contributed by atoms with E-state index in [-0.39, 0.29) is 0 Å². The molecule has 0 radical (unpaired) electrons. The molecule has 4 heteroatoms. The summed E-state index contributed by atoms with van der Waals surface area (Å²) in [6, 6.07) is 7.02. The summed E-state index contributed by atoms with van der Waals surface area (Å²) in [4.78, 5) is 23.0. The largest absolute Gasteiger partial charge is 0.481 e. The number of carboxylic acid groups (broad SMARTS) is 2. The molecule has 94 valence electrons. The molecule has 1 aromatic rings. The second-order valence-corrected chi connectivity index (χ2v) is 4.74. The third-order valence-electron chi connectivity index (χ3n) is 3.77. The summed E-state index contributed by atoms with van der Waals surface area (Å²) >= 11 is 0. The van der Waals surface area contributed by atoms with Crippen molar-refractivity contribution >= 4 is 18.0 Å². The van der Waals surface area contributed by atoms with Gasteiger partial charge in [-0.05, 0) is 25.0 Å². The van der Waals surface area contributed by atoms with Crippen LogP contribution in [0.3, 0.4) is 0 Å². The first kappa shape index (κ1) is 12.4. The molecule has 0 saturated heterocycles. The SMILES string of the molecule is CC1=Cc2ccccc2C(C(=O)O)C1(C)C(=O)O. The summed E-state index contributed by atoms with van der Waals surface area (Å²) in [6.45, 7) is 3.13. The fraction of sp³-hybridized carbons (Fsp3) is 0.286. The second kappa shape index (κ2) is 3.98. The molecule has 0 heterocycles. The molecule has 2 unspecified atom stereocenters. The number of rotatable bonds is 2. The third-order valence-corrected chi connectivity index (χ3v) is 3.77. The van der Waals surface area contributed by atoms with E-state index in [0.29, 0.717) is 11.1 Å². The highest BCUT2D eigenvalue weighted by Crippen LogP contribution is 2.47. The molecule has 0 amide bonds. The van der Waals surface area contributed by atoms with Crippen molar-refractivity contribution in [2.75, 3.05) is 0 Å². The molecule has 2 rings (SSSR count). The van der Waals surface area contributed by atoms with Gasteiger partial charge in [0.05, 0.1) is 0 Å². The number of fused-ring (bicyclic) bond motifs is 1. The Bertz CT molecular complexity index is 559. The molecule has 4 nitrogen and oxygen atoms in total. The zero-order valence-electron chi connectivity index (χ0n) is 10.2. The first-order valence-electron chi connectivity index (χ1n) is 5.63. The summed E-state index contributed by atoms with van der Waals surface area (Å²) in [5, 5.41) is 18.8. The summed E-state index contributed by atoms with van der Waals surface area (Å²) in [5.74, 6) is -3.28. The summed E-state index contributed by atoms with van der Waals surface area (Å²) < 4.78 is 0. The molecule has 0 spiro atoms. The van der Waals surface area contributed by atoms with Crippen LogP contribution >= 0.6 is 0 Å². The van der Waals surface area contributed by atoms with Gasteiger partial charge in [-0.25, -0.2) is 0 Å². The lowest BCUT2D eigenvalue weighted by atomic mass is 9.64. The molecular formula is C14H14O4. The number of carboxylic acids is 2. The first-order valence-corrected chi connectivity index (χ1v) is 5.63. The van der Waals surface area contributed by atoms with E-state index in [4.69, 9.17) is 0 Å². The summed E-state index contributed by atoms with van der Waals surface area (Å²) in [5.41, 5.74) is 0.489. The standard InChI is InChI=1S/C14H14O4/c1-8-7-9-5-3-4-6-10(9)11(12(15)16)14(8,2)13(17)18/h3-7,11H,1-2H3,(H,15,16)(H,17,18). The van der Waals surface area contributed by atoms with Crippen molar-refractivity contribution in [1.29, 1.82) is 0 Å². The number of hydrogen-bond acceptors (Lipinski definition) is 2. The molecule has 1 aromatic carbocycles. The topological polar surface area (TPSA) is 74.6 Å². The minimum Gasteiger partial charge on any atom is -0.481 e. The Morgan fingerprint density at radius 2 is 1.83 bits per heavy atom. The van der Waals surface area contributed by atoms with Crippen LogP contribution in [0.5, 0.6) is 0 Å². The number of aliphatic carboxylic acids is 2. The number of benzene rings is 1. The fourth-order valence-electron chi connectivity index (χ4n) is 2.50. The lowest BCUT2D eigenvalue weighted by molar-refractivity contribution is -0.154. The molecule has 1 aliphatic rings. The number of hydrogen-bond donors (Lipinski definition) is 2. The summed E-state index contributed by atoms with van der Waals surface area (Å²) in [7, 11) is 0. The van der Waals surface area contributed by atoms with E-state index < -0.39 is 23.3 Å². The normalized spacial score (nSPS) is 26.1. The Morgan fingerprint density at radius 1 is 1.22 bits per heavy atom.